The third kappa shape index (κ3) is 1.84. The van der Waals surface area contributed by atoms with Gasteiger partial charge in [0.1, 0.15) is 0 Å². The van der Waals surface area contributed by atoms with Crippen molar-refractivity contribution in [3.8, 4) is 5.69 Å². The van der Waals surface area contributed by atoms with E-state index in [1.54, 1.807) is 22.9 Å². The van der Waals surface area contributed by atoms with E-state index in [-0.39, 0.29) is 5.56 Å². The minimum atomic E-state index is 0.00574. The second kappa shape index (κ2) is 3.73. The summed E-state index contributed by atoms with van der Waals surface area (Å²) >= 11 is 0. The zero-order chi connectivity index (χ0) is 10.8. The zero-order valence-electron chi connectivity index (χ0n) is 8.90. The van der Waals surface area contributed by atoms with Gasteiger partial charge >= 0.3 is 0 Å². The molecule has 0 aliphatic carbocycles. The van der Waals surface area contributed by atoms with E-state index in [1.807, 2.05) is 38.1 Å². The number of hydrogen-bond acceptors (Lipinski definition) is 1. The standard InChI is InChI=1S/C13H13NO/c1-10-6-7-11(2)12(9-10)14-8-4-3-5-13(14)15/h3-9H,1-2H3. The van der Waals surface area contributed by atoms with E-state index in [1.165, 1.54) is 0 Å². The van der Waals surface area contributed by atoms with Crippen molar-refractivity contribution in [1.82, 2.24) is 4.57 Å². The van der Waals surface area contributed by atoms with Gasteiger partial charge in [0.2, 0.25) is 0 Å². The highest BCUT2D eigenvalue weighted by Crippen LogP contribution is 2.13. The molecule has 1 aromatic carbocycles. The van der Waals surface area contributed by atoms with Gasteiger partial charge in [-0.3, -0.25) is 9.36 Å². The molecular weight excluding hydrogens is 186 g/mol. The molecule has 0 unspecified atom stereocenters. The van der Waals surface area contributed by atoms with Crippen LogP contribution in [0.15, 0.2) is 47.4 Å². The number of aryl methyl sites for hydroxylation is 2. The molecule has 2 rings (SSSR count). The molecule has 0 aliphatic heterocycles. The molecule has 0 amide bonds. The van der Waals surface area contributed by atoms with E-state index in [0.717, 1.165) is 16.8 Å². The SMILES string of the molecule is Cc1ccc(C)c(-n2ccccc2=O)c1. The fraction of sp³-hybridized carbons (Fsp3) is 0.154. The minimum absolute atomic E-state index is 0.00574. The molecule has 0 bridgehead atoms. The van der Waals surface area contributed by atoms with Gasteiger partial charge < -0.3 is 0 Å². The summed E-state index contributed by atoms with van der Waals surface area (Å²) in [5.41, 5.74) is 3.23. The summed E-state index contributed by atoms with van der Waals surface area (Å²) in [6.45, 7) is 4.03. The van der Waals surface area contributed by atoms with Crippen molar-refractivity contribution in [2.24, 2.45) is 0 Å². The van der Waals surface area contributed by atoms with Crippen molar-refractivity contribution in [2.75, 3.05) is 0 Å². The monoisotopic (exact) mass is 199 g/mol. The molecule has 2 nitrogen and oxygen atoms in total. The molecular formula is C13H13NO. The number of hydrogen-bond donors (Lipinski definition) is 0. The summed E-state index contributed by atoms with van der Waals surface area (Å²) in [6, 6.07) is 11.3. The Balaban J connectivity index is 2.69. The van der Waals surface area contributed by atoms with Gasteiger partial charge in [0.15, 0.2) is 0 Å². The normalized spacial score (nSPS) is 10.3. The maximum atomic E-state index is 11.6. The van der Waals surface area contributed by atoms with Gasteiger partial charge in [-0.25, -0.2) is 0 Å². The molecule has 0 radical (unpaired) electrons. The Morgan fingerprint density at radius 1 is 1.07 bits per heavy atom. The first-order chi connectivity index (χ1) is 7.18. The van der Waals surface area contributed by atoms with Crippen LogP contribution in [0.5, 0.6) is 0 Å². The summed E-state index contributed by atoms with van der Waals surface area (Å²) in [4.78, 5) is 11.6. The van der Waals surface area contributed by atoms with Crippen molar-refractivity contribution in [1.29, 1.82) is 0 Å². The predicted molar refractivity (Wildman–Crippen MR) is 61.5 cm³/mol. The number of pyridine rings is 1. The van der Waals surface area contributed by atoms with E-state index in [4.69, 9.17) is 0 Å². The Morgan fingerprint density at radius 2 is 1.87 bits per heavy atom. The molecule has 0 saturated heterocycles. The van der Waals surface area contributed by atoms with Gasteiger partial charge in [-0.1, -0.05) is 18.2 Å². The van der Waals surface area contributed by atoms with Crippen LogP contribution in [0, 0.1) is 13.8 Å². The van der Waals surface area contributed by atoms with Crippen molar-refractivity contribution < 1.29 is 0 Å². The molecule has 1 heterocycles. The maximum Gasteiger partial charge on any atom is 0.255 e. The van der Waals surface area contributed by atoms with Crippen LogP contribution in [-0.4, -0.2) is 4.57 Å². The van der Waals surface area contributed by atoms with E-state index in [0.29, 0.717) is 0 Å². The Bertz CT molecular complexity index is 540. The fourth-order valence-corrected chi connectivity index (χ4v) is 1.61. The highest BCUT2D eigenvalue weighted by atomic mass is 16.1. The molecule has 15 heavy (non-hydrogen) atoms. The molecule has 2 heteroatoms. The Kier molecular flexibility index (Phi) is 2.42. The number of aromatic nitrogens is 1. The highest BCUT2D eigenvalue weighted by molar-refractivity contribution is 5.43. The quantitative estimate of drug-likeness (QED) is 0.691. The van der Waals surface area contributed by atoms with Crippen LogP contribution in [0.4, 0.5) is 0 Å². The average molecular weight is 199 g/mol. The topological polar surface area (TPSA) is 22.0 Å². The van der Waals surface area contributed by atoms with Gasteiger partial charge in [0, 0.05) is 12.3 Å². The van der Waals surface area contributed by atoms with Crippen molar-refractivity contribution in [3.05, 3.63) is 64.1 Å². The van der Waals surface area contributed by atoms with Crippen LogP contribution in [0.2, 0.25) is 0 Å². The van der Waals surface area contributed by atoms with E-state index >= 15 is 0 Å². The van der Waals surface area contributed by atoms with Crippen LogP contribution in [0.3, 0.4) is 0 Å². The van der Waals surface area contributed by atoms with E-state index in [9.17, 15) is 4.79 Å². The molecule has 0 saturated carbocycles. The van der Waals surface area contributed by atoms with Crippen molar-refractivity contribution >= 4 is 0 Å². The number of nitrogens with zero attached hydrogens (tertiary/aromatic N) is 1. The zero-order valence-corrected chi connectivity index (χ0v) is 8.90. The van der Waals surface area contributed by atoms with Gasteiger partial charge in [0.05, 0.1) is 5.69 Å². The summed E-state index contributed by atoms with van der Waals surface area (Å²) in [7, 11) is 0. The summed E-state index contributed by atoms with van der Waals surface area (Å²) in [6.07, 6.45) is 1.80. The molecule has 76 valence electrons. The molecule has 0 N–H and O–H groups in total. The average Bonchev–Trinajstić information content (AvgIpc) is 2.23. The summed E-state index contributed by atoms with van der Waals surface area (Å²) in [5.74, 6) is 0. The number of rotatable bonds is 1. The molecule has 0 fully saturated rings. The van der Waals surface area contributed by atoms with Gasteiger partial charge in [0.25, 0.3) is 5.56 Å². The fourth-order valence-electron chi connectivity index (χ4n) is 1.61. The van der Waals surface area contributed by atoms with Crippen molar-refractivity contribution in [3.63, 3.8) is 0 Å². The van der Waals surface area contributed by atoms with Gasteiger partial charge in [-0.05, 0) is 37.1 Å². The van der Waals surface area contributed by atoms with E-state index < -0.39 is 0 Å². The van der Waals surface area contributed by atoms with Crippen LogP contribution < -0.4 is 5.56 Å². The summed E-state index contributed by atoms with van der Waals surface area (Å²) < 4.78 is 1.67. The molecule has 1 aromatic heterocycles. The lowest BCUT2D eigenvalue weighted by Gasteiger charge is -2.09. The first kappa shape index (κ1) is 9.71. The van der Waals surface area contributed by atoms with Crippen LogP contribution in [-0.2, 0) is 0 Å². The smallest absolute Gasteiger partial charge is 0.255 e. The Labute approximate surface area is 88.8 Å². The first-order valence-corrected chi connectivity index (χ1v) is 4.94. The molecule has 0 spiro atoms. The largest absolute Gasteiger partial charge is 0.284 e. The summed E-state index contributed by atoms with van der Waals surface area (Å²) in [5, 5.41) is 0. The van der Waals surface area contributed by atoms with Crippen LogP contribution in [0.25, 0.3) is 5.69 Å². The third-order valence-corrected chi connectivity index (χ3v) is 2.45. The van der Waals surface area contributed by atoms with Gasteiger partial charge in [-0.2, -0.15) is 0 Å². The first-order valence-electron chi connectivity index (χ1n) is 4.94. The second-order valence-electron chi connectivity index (χ2n) is 3.70. The molecule has 0 aliphatic rings. The lowest BCUT2D eigenvalue weighted by molar-refractivity contribution is 0.975. The van der Waals surface area contributed by atoms with Crippen LogP contribution in [0.1, 0.15) is 11.1 Å². The van der Waals surface area contributed by atoms with Crippen molar-refractivity contribution in [2.45, 2.75) is 13.8 Å². The third-order valence-electron chi connectivity index (χ3n) is 2.45. The molecule has 2 aromatic rings. The number of benzene rings is 1. The maximum absolute atomic E-state index is 11.6. The lowest BCUT2D eigenvalue weighted by atomic mass is 10.1. The Morgan fingerprint density at radius 3 is 2.60 bits per heavy atom. The minimum Gasteiger partial charge on any atom is -0.284 e. The second-order valence-corrected chi connectivity index (χ2v) is 3.70. The van der Waals surface area contributed by atoms with Crippen LogP contribution >= 0.6 is 0 Å². The highest BCUT2D eigenvalue weighted by Gasteiger charge is 2.01. The lowest BCUT2D eigenvalue weighted by Crippen LogP contribution is -2.16. The predicted octanol–water partition coefficient (Wildman–Crippen LogP) is 2.45. The van der Waals surface area contributed by atoms with Gasteiger partial charge in [-0.15, -0.1) is 0 Å². The molecule has 0 atom stereocenters. The van der Waals surface area contributed by atoms with E-state index in [2.05, 4.69) is 0 Å². The Hall–Kier alpha value is -1.83.